The molecule has 0 aliphatic carbocycles. The Kier molecular flexibility index (Phi) is 10.0. The molecule has 0 amide bonds. The van der Waals surface area contributed by atoms with Gasteiger partial charge < -0.3 is 9.64 Å². The molecule has 0 aromatic heterocycles. The standard InChI is InChI=1S/C10H19N3O.C2H6/c1-3-11-9-10(12-4-2)13-5-7-14-8-6-13;1-2/h9H,3-8H2,1-2H3;1-2H3. The number of hydrogen-bond donors (Lipinski definition) is 0. The van der Waals surface area contributed by atoms with Crippen LogP contribution in [0.25, 0.3) is 0 Å². The average molecular weight is 227 g/mol. The average Bonchev–Trinajstić information content (AvgIpc) is 2.38. The predicted octanol–water partition coefficient (Wildman–Crippen LogP) is 1.85. The number of nitrogens with zero attached hydrogens (tertiary/aromatic N) is 3. The van der Waals surface area contributed by atoms with Crippen LogP contribution >= 0.6 is 0 Å². The molecule has 1 rings (SSSR count). The van der Waals surface area contributed by atoms with Crippen LogP contribution in [0.2, 0.25) is 0 Å². The van der Waals surface area contributed by atoms with E-state index in [0.717, 1.165) is 45.2 Å². The van der Waals surface area contributed by atoms with E-state index in [2.05, 4.69) is 14.9 Å². The molecule has 0 N–H and O–H groups in total. The molecule has 1 fully saturated rings. The van der Waals surface area contributed by atoms with Crippen molar-refractivity contribution in [2.75, 3.05) is 39.4 Å². The maximum Gasteiger partial charge on any atom is 0.141 e. The number of hydrogen-bond acceptors (Lipinski definition) is 3. The van der Waals surface area contributed by atoms with E-state index in [4.69, 9.17) is 4.74 Å². The van der Waals surface area contributed by atoms with Crippen LogP contribution in [0.4, 0.5) is 0 Å². The van der Waals surface area contributed by atoms with Crippen molar-refractivity contribution in [3.8, 4) is 0 Å². The Morgan fingerprint density at radius 1 is 1.19 bits per heavy atom. The van der Waals surface area contributed by atoms with Crippen LogP contribution in [0.15, 0.2) is 9.98 Å². The topological polar surface area (TPSA) is 37.2 Å². The van der Waals surface area contributed by atoms with E-state index >= 15 is 0 Å². The lowest BCUT2D eigenvalue weighted by atomic mass is 10.4. The van der Waals surface area contributed by atoms with Gasteiger partial charge in [0.25, 0.3) is 0 Å². The third-order valence-electron chi connectivity index (χ3n) is 2.04. The fourth-order valence-corrected chi connectivity index (χ4v) is 1.35. The van der Waals surface area contributed by atoms with Crippen molar-refractivity contribution in [1.82, 2.24) is 4.90 Å². The van der Waals surface area contributed by atoms with Gasteiger partial charge >= 0.3 is 0 Å². The summed E-state index contributed by atoms with van der Waals surface area (Å²) < 4.78 is 5.29. The third-order valence-corrected chi connectivity index (χ3v) is 2.04. The number of morpholine rings is 1. The molecule has 0 atom stereocenters. The molecule has 0 spiro atoms. The fraction of sp³-hybridized carbons (Fsp3) is 0.833. The fourth-order valence-electron chi connectivity index (χ4n) is 1.35. The van der Waals surface area contributed by atoms with E-state index < -0.39 is 0 Å². The molecule has 4 nitrogen and oxygen atoms in total. The van der Waals surface area contributed by atoms with E-state index in [1.165, 1.54) is 0 Å². The molecule has 0 saturated carbocycles. The molecule has 1 aliphatic rings. The van der Waals surface area contributed by atoms with Crippen LogP contribution in [0.1, 0.15) is 27.7 Å². The summed E-state index contributed by atoms with van der Waals surface area (Å²) in [5, 5.41) is 0. The highest BCUT2D eigenvalue weighted by molar-refractivity contribution is 6.29. The maximum atomic E-state index is 5.29. The molecule has 1 aliphatic heterocycles. The van der Waals surface area contributed by atoms with Crippen molar-refractivity contribution in [3.63, 3.8) is 0 Å². The maximum absolute atomic E-state index is 5.29. The monoisotopic (exact) mass is 227 g/mol. The summed E-state index contributed by atoms with van der Waals surface area (Å²) >= 11 is 0. The number of rotatable bonds is 3. The van der Waals surface area contributed by atoms with Gasteiger partial charge in [0.05, 0.1) is 19.4 Å². The van der Waals surface area contributed by atoms with Gasteiger partial charge in [0.1, 0.15) is 5.84 Å². The summed E-state index contributed by atoms with van der Waals surface area (Å²) in [6.07, 6.45) is 1.87. The van der Waals surface area contributed by atoms with Gasteiger partial charge in [-0.3, -0.25) is 9.98 Å². The molecular weight excluding hydrogens is 202 g/mol. The van der Waals surface area contributed by atoms with Crippen LogP contribution in [0.3, 0.4) is 0 Å². The zero-order valence-corrected chi connectivity index (χ0v) is 11.1. The Labute approximate surface area is 99.4 Å². The minimum absolute atomic E-state index is 0.794. The zero-order chi connectivity index (χ0) is 12.2. The predicted molar refractivity (Wildman–Crippen MR) is 70.7 cm³/mol. The summed E-state index contributed by atoms with van der Waals surface area (Å²) in [4.78, 5) is 10.9. The van der Waals surface area contributed by atoms with Gasteiger partial charge in [0, 0.05) is 26.2 Å². The first-order valence-electron chi connectivity index (χ1n) is 6.25. The molecule has 0 aromatic rings. The quantitative estimate of drug-likeness (QED) is 0.545. The largest absolute Gasteiger partial charge is 0.378 e. The molecule has 1 heterocycles. The third kappa shape index (κ3) is 5.85. The first kappa shape index (κ1) is 15.1. The van der Waals surface area contributed by atoms with Gasteiger partial charge in [0.2, 0.25) is 0 Å². The lowest BCUT2D eigenvalue weighted by molar-refractivity contribution is 0.0689. The molecule has 0 unspecified atom stereocenters. The van der Waals surface area contributed by atoms with Gasteiger partial charge in [-0.25, -0.2) is 0 Å². The van der Waals surface area contributed by atoms with Crippen molar-refractivity contribution in [1.29, 1.82) is 0 Å². The number of aliphatic imine (C=N–C) groups is 2. The van der Waals surface area contributed by atoms with Crippen LogP contribution in [-0.4, -0.2) is 56.3 Å². The Balaban J connectivity index is 0.00000106. The molecular formula is C12H25N3O. The second kappa shape index (κ2) is 10.6. The van der Waals surface area contributed by atoms with Crippen molar-refractivity contribution < 1.29 is 4.74 Å². The summed E-state index contributed by atoms with van der Waals surface area (Å²) in [5.74, 6) is 0.998. The minimum Gasteiger partial charge on any atom is -0.378 e. The molecule has 0 radical (unpaired) electrons. The number of amidine groups is 1. The van der Waals surface area contributed by atoms with E-state index in [-0.39, 0.29) is 0 Å². The molecule has 16 heavy (non-hydrogen) atoms. The highest BCUT2D eigenvalue weighted by Gasteiger charge is 2.12. The Bertz CT molecular complexity index is 208. The first-order valence-corrected chi connectivity index (χ1v) is 6.25. The van der Waals surface area contributed by atoms with Crippen LogP contribution in [0.5, 0.6) is 0 Å². The summed E-state index contributed by atoms with van der Waals surface area (Å²) in [6.45, 7) is 13.1. The van der Waals surface area contributed by atoms with Crippen molar-refractivity contribution in [3.05, 3.63) is 0 Å². The molecule has 1 saturated heterocycles. The lowest BCUT2D eigenvalue weighted by Crippen LogP contribution is -2.41. The van der Waals surface area contributed by atoms with Gasteiger partial charge in [0.15, 0.2) is 0 Å². The highest BCUT2D eigenvalue weighted by Crippen LogP contribution is 1.98. The van der Waals surface area contributed by atoms with E-state index in [1.54, 1.807) is 0 Å². The number of ether oxygens (including phenoxy) is 1. The van der Waals surface area contributed by atoms with E-state index in [0.29, 0.717) is 0 Å². The second-order valence-corrected chi connectivity index (χ2v) is 3.06. The second-order valence-electron chi connectivity index (χ2n) is 3.06. The van der Waals surface area contributed by atoms with Crippen molar-refractivity contribution in [2.24, 2.45) is 9.98 Å². The van der Waals surface area contributed by atoms with Gasteiger partial charge in [-0.05, 0) is 13.8 Å². The summed E-state index contributed by atoms with van der Waals surface area (Å²) in [6, 6.07) is 0. The highest BCUT2D eigenvalue weighted by atomic mass is 16.5. The first-order chi connectivity index (χ1) is 7.88. The van der Waals surface area contributed by atoms with Crippen LogP contribution in [0, 0.1) is 0 Å². The van der Waals surface area contributed by atoms with E-state index in [1.807, 2.05) is 33.9 Å². The normalized spacial score (nSPS) is 17.2. The van der Waals surface area contributed by atoms with Gasteiger partial charge in [-0.2, -0.15) is 0 Å². The zero-order valence-electron chi connectivity index (χ0n) is 11.1. The Morgan fingerprint density at radius 3 is 2.31 bits per heavy atom. The van der Waals surface area contributed by atoms with Gasteiger partial charge in [-0.1, -0.05) is 13.8 Å². The van der Waals surface area contributed by atoms with Crippen molar-refractivity contribution >= 4 is 12.1 Å². The molecule has 4 heteroatoms. The Morgan fingerprint density at radius 2 is 1.81 bits per heavy atom. The molecule has 0 aromatic carbocycles. The van der Waals surface area contributed by atoms with Crippen LogP contribution < -0.4 is 0 Å². The summed E-state index contributed by atoms with van der Waals surface area (Å²) in [7, 11) is 0. The lowest BCUT2D eigenvalue weighted by Gasteiger charge is -2.28. The molecule has 0 bridgehead atoms. The molecule has 94 valence electrons. The van der Waals surface area contributed by atoms with Crippen molar-refractivity contribution in [2.45, 2.75) is 27.7 Å². The summed E-state index contributed by atoms with van der Waals surface area (Å²) in [5.41, 5.74) is 0. The Hall–Kier alpha value is -0.900. The smallest absolute Gasteiger partial charge is 0.141 e. The van der Waals surface area contributed by atoms with Crippen LogP contribution in [-0.2, 0) is 4.74 Å². The van der Waals surface area contributed by atoms with Gasteiger partial charge in [-0.15, -0.1) is 0 Å². The minimum atomic E-state index is 0.794. The van der Waals surface area contributed by atoms with E-state index in [9.17, 15) is 0 Å². The SMILES string of the molecule is CC.CCN=CC(=NCC)N1CCOCC1.